The monoisotopic (exact) mass is 250 g/mol. The first-order valence-electron chi connectivity index (χ1n) is 6.19. The van der Waals surface area contributed by atoms with Gasteiger partial charge in [0.25, 0.3) is 0 Å². The molecule has 0 amide bonds. The van der Waals surface area contributed by atoms with E-state index in [0.29, 0.717) is 18.4 Å². The second kappa shape index (κ2) is 5.35. The molecule has 1 aromatic rings. The third kappa shape index (κ3) is 3.20. The van der Waals surface area contributed by atoms with Crippen molar-refractivity contribution in [1.82, 2.24) is 5.32 Å². The van der Waals surface area contributed by atoms with Crippen molar-refractivity contribution in [1.29, 1.82) is 0 Å². The topological polar surface area (TPSA) is 64.4 Å². The summed E-state index contributed by atoms with van der Waals surface area (Å²) in [6.45, 7) is 4.87. The fourth-order valence-corrected chi connectivity index (χ4v) is 1.96. The lowest BCUT2D eigenvalue weighted by Gasteiger charge is -2.10. The molecule has 2 rings (SSSR count). The van der Waals surface area contributed by atoms with E-state index in [9.17, 15) is 10.1 Å². The van der Waals surface area contributed by atoms with Crippen LogP contribution in [0.5, 0.6) is 5.75 Å². The Labute approximate surface area is 106 Å². The Morgan fingerprint density at radius 2 is 2.17 bits per heavy atom. The smallest absolute Gasteiger partial charge is 0.311 e. The molecule has 0 radical (unpaired) electrons. The number of aryl methyl sites for hydroxylation is 2. The molecule has 0 saturated heterocycles. The van der Waals surface area contributed by atoms with Crippen molar-refractivity contribution in [3.63, 3.8) is 0 Å². The van der Waals surface area contributed by atoms with E-state index in [1.165, 1.54) is 12.8 Å². The Morgan fingerprint density at radius 1 is 1.44 bits per heavy atom. The summed E-state index contributed by atoms with van der Waals surface area (Å²) in [6, 6.07) is 4.08. The van der Waals surface area contributed by atoms with Crippen molar-refractivity contribution in [3.05, 3.63) is 33.4 Å². The second-order valence-corrected chi connectivity index (χ2v) is 4.76. The van der Waals surface area contributed by atoms with Gasteiger partial charge in [0.1, 0.15) is 6.61 Å². The molecule has 0 unspecified atom stereocenters. The summed E-state index contributed by atoms with van der Waals surface area (Å²) >= 11 is 0. The molecule has 0 spiro atoms. The lowest BCUT2D eigenvalue weighted by atomic mass is 10.1. The van der Waals surface area contributed by atoms with Gasteiger partial charge in [-0.2, -0.15) is 0 Å². The highest BCUT2D eigenvalue weighted by Crippen LogP contribution is 2.31. The fraction of sp³-hybridized carbons (Fsp3) is 0.538. The first kappa shape index (κ1) is 12.8. The Kier molecular flexibility index (Phi) is 3.81. The predicted molar refractivity (Wildman–Crippen MR) is 69.1 cm³/mol. The van der Waals surface area contributed by atoms with E-state index in [1.807, 2.05) is 19.9 Å². The van der Waals surface area contributed by atoms with E-state index in [0.717, 1.165) is 17.7 Å². The van der Waals surface area contributed by atoms with E-state index in [2.05, 4.69) is 5.32 Å². The number of hydrogen-bond donors (Lipinski definition) is 1. The van der Waals surface area contributed by atoms with Gasteiger partial charge in [0, 0.05) is 18.7 Å². The molecule has 1 aromatic carbocycles. The molecule has 5 nitrogen and oxygen atoms in total. The SMILES string of the molecule is Cc1cc(C)c(OCCNC2CC2)c([N+](=O)[O-])c1. The lowest BCUT2D eigenvalue weighted by molar-refractivity contribution is -0.386. The van der Waals surface area contributed by atoms with Crippen LogP contribution in [0.25, 0.3) is 0 Å². The van der Waals surface area contributed by atoms with Gasteiger partial charge in [-0.15, -0.1) is 0 Å². The summed E-state index contributed by atoms with van der Waals surface area (Å²) in [5.74, 6) is 0.392. The van der Waals surface area contributed by atoms with Gasteiger partial charge < -0.3 is 10.1 Å². The van der Waals surface area contributed by atoms with Crippen LogP contribution in [0.1, 0.15) is 24.0 Å². The van der Waals surface area contributed by atoms with E-state index >= 15 is 0 Å². The Morgan fingerprint density at radius 3 is 2.78 bits per heavy atom. The summed E-state index contributed by atoms with van der Waals surface area (Å²) in [4.78, 5) is 10.6. The van der Waals surface area contributed by atoms with E-state index in [-0.39, 0.29) is 10.6 Å². The number of ether oxygens (including phenoxy) is 1. The Hall–Kier alpha value is -1.62. The molecule has 1 aliphatic carbocycles. The number of nitro benzene ring substituents is 1. The van der Waals surface area contributed by atoms with Gasteiger partial charge in [-0.1, -0.05) is 6.07 Å². The quantitative estimate of drug-likeness (QED) is 0.478. The van der Waals surface area contributed by atoms with Crippen LogP contribution in [0, 0.1) is 24.0 Å². The van der Waals surface area contributed by atoms with Crippen LogP contribution < -0.4 is 10.1 Å². The van der Waals surface area contributed by atoms with Crippen molar-refractivity contribution in [3.8, 4) is 5.75 Å². The minimum atomic E-state index is -0.385. The Bertz CT molecular complexity index is 456. The molecule has 1 aliphatic rings. The fourth-order valence-electron chi connectivity index (χ4n) is 1.96. The minimum absolute atomic E-state index is 0.0546. The van der Waals surface area contributed by atoms with Crippen LogP contribution in [0.2, 0.25) is 0 Å². The van der Waals surface area contributed by atoms with Gasteiger partial charge in [0.05, 0.1) is 4.92 Å². The first-order chi connectivity index (χ1) is 8.58. The number of rotatable bonds is 6. The van der Waals surface area contributed by atoms with Crippen molar-refractivity contribution in [2.75, 3.05) is 13.2 Å². The number of nitro groups is 1. The summed E-state index contributed by atoms with van der Waals surface area (Å²) < 4.78 is 5.56. The summed E-state index contributed by atoms with van der Waals surface area (Å²) in [5, 5.41) is 14.3. The van der Waals surface area contributed by atoms with Gasteiger partial charge in [-0.25, -0.2) is 0 Å². The highest BCUT2D eigenvalue weighted by Gasteiger charge is 2.21. The molecule has 18 heavy (non-hydrogen) atoms. The number of nitrogens with zero attached hydrogens (tertiary/aromatic N) is 1. The average molecular weight is 250 g/mol. The zero-order valence-electron chi connectivity index (χ0n) is 10.7. The minimum Gasteiger partial charge on any atom is -0.485 e. The zero-order valence-corrected chi connectivity index (χ0v) is 10.7. The van der Waals surface area contributed by atoms with Crippen LogP contribution >= 0.6 is 0 Å². The molecule has 0 atom stereocenters. The molecule has 1 saturated carbocycles. The third-order valence-corrected chi connectivity index (χ3v) is 2.95. The highest BCUT2D eigenvalue weighted by molar-refractivity contribution is 5.53. The average Bonchev–Trinajstić information content (AvgIpc) is 3.09. The molecule has 0 aromatic heterocycles. The normalized spacial score (nSPS) is 14.6. The van der Waals surface area contributed by atoms with Gasteiger partial charge in [-0.05, 0) is 37.8 Å². The molecule has 1 fully saturated rings. The molecular weight excluding hydrogens is 232 g/mol. The van der Waals surface area contributed by atoms with Crippen molar-refractivity contribution >= 4 is 5.69 Å². The summed E-state index contributed by atoms with van der Waals surface area (Å²) in [7, 11) is 0. The first-order valence-corrected chi connectivity index (χ1v) is 6.19. The number of nitrogens with one attached hydrogen (secondary N) is 1. The maximum atomic E-state index is 11.0. The summed E-state index contributed by atoms with van der Waals surface area (Å²) in [5.41, 5.74) is 1.75. The van der Waals surface area contributed by atoms with Crippen molar-refractivity contribution < 1.29 is 9.66 Å². The Balaban J connectivity index is 2.02. The molecule has 1 N–H and O–H groups in total. The van der Waals surface area contributed by atoms with Crippen LogP contribution in [-0.2, 0) is 0 Å². The molecular formula is C13H18N2O3. The van der Waals surface area contributed by atoms with E-state index < -0.39 is 0 Å². The maximum Gasteiger partial charge on any atom is 0.311 e. The third-order valence-electron chi connectivity index (χ3n) is 2.95. The molecule has 5 heteroatoms. The van der Waals surface area contributed by atoms with Crippen LogP contribution in [0.3, 0.4) is 0 Å². The zero-order chi connectivity index (χ0) is 13.1. The second-order valence-electron chi connectivity index (χ2n) is 4.76. The van der Waals surface area contributed by atoms with E-state index in [4.69, 9.17) is 4.74 Å². The van der Waals surface area contributed by atoms with Gasteiger partial charge >= 0.3 is 5.69 Å². The van der Waals surface area contributed by atoms with Crippen LogP contribution in [0.15, 0.2) is 12.1 Å². The largest absolute Gasteiger partial charge is 0.485 e. The maximum absolute atomic E-state index is 11.0. The van der Waals surface area contributed by atoms with E-state index in [1.54, 1.807) is 6.07 Å². The highest BCUT2D eigenvalue weighted by atomic mass is 16.6. The number of benzene rings is 1. The van der Waals surface area contributed by atoms with Crippen molar-refractivity contribution in [2.24, 2.45) is 0 Å². The van der Waals surface area contributed by atoms with Gasteiger partial charge in [0.2, 0.25) is 0 Å². The standard InChI is InChI=1S/C13H18N2O3/c1-9-7-10(2)13(12(8-9)15(16)17)18-6-5-14-11-3-4-11/h7-8,11,14H,3-6H2,1-2H3. The molecule has 0 heterocycles. The van der Waals surface area contributed by atoms with Crippen molar-refractivity contribution in [2.45, 2.75) is 32.7 Å². The molecule has 98 valence electrons. The summed E-state index contributed by atoms with van der Waals surface area (Å²) in [6.07, 6.45) is 2.45. The van der Waals surface area contributed by atoms with Gasteiger partial charge in [-0.3, -0.25) is 10.1 Å². The molecule has 0 aliphatic heterocycles. The van der Waals surface area contributed by atoms with Crippen LogP contribution in [0.4, 0.5) is 5.69 Å². The number of hydrogen-bond acceptors (Lipinski definition) is 4. The van der Waals surface area contributed by atoms with Crippen LogP contribution in [-0.4, -0.2) is 24.1 Å². The molecule has 0 bridgehead atoms. The predicted octanol–water partition coefficient (Wildman–Crippen LogP) is 2.34. The van der Waals surface area contributed by atoms with Gasteiger partial charge in [0.15, 0.2) is 5.75 Å². The lowest BCUT2D eigenvalue weighted by Crippen LogP contribution is -2.23.